The first kappa shape index (κ1) is 10.7. The fourth-order valence-electron chi connectivity index (χ4n) is 1.73. The molecule has 2 rings (SSSR count). The number of carboxylic acid groups (broad SMARTS) is 1. The van der Waals surface area contributed by atoms with Crippen molar-refractivity contribution in [1.29, 1.82) is 0 Å². The van der Waals surface area contributed by atoms with Gasteiger partial charge in [-0.05, 0) is 18.6 Å². The molecule has 0 aromatic carbocycles. The second kappa shape index (κ2) is 4.38. The van der Waals surface area contributed by atoms with Gasteiger partial charge in [0.1, 0.15) is 5.76 Å². The second-order valence-corrected chi connectivity index (χ2v) is 3.90. The highest BCUT2D eigenvalue weighted by atomic mass is 16.4. The van der Waals surface area contributed by atoms with E-state index >= 15 is 0 Å². The maximum atomic E-state index is 11.5. The van der Waals surface area contributed by atoms with E-state index in [-0.39, 0.29) is 30.7 Å². The Hall–Kier alpha value is -1.78. The van der Waals surface area contributed by atoms with Crippen molar-refractivity contribution in [2.45, 2.75) is 18.8 Å². The van der Waals surface area contributed by atoms with E-state index in [0.29, 0.717) is 0 Å². The highest BCUT2D eigenvalue weighted by Crippen LogP contribution is 2.47. The van der Waals surface area contributed by atoms with E-state index in [1.807, 2.05) is 6.07 Å². The van der Waals surface area contributed by atoms with Gasteiger partial charge in [-0.2, -0.15) is 0 Å². The topological polar surface area (TPSA) is 79.5 Å². The van der Waals surface area contributed by atoms with Crippen molar-refractivity contribution in [3.8, 4) is 0 Å². The average Bonchev–Trinajstić information content (AvgIpc) is 2.85. The summed E-state index contributed by atoms with van der Waals surface area (Å²) in [5.74, 6) is -0.0421. The Bertz CT molecular complexity index is 385. The first-order chi connectivity index (χ1) is 7.68. The zero-order valence-corrected chi connectivity index (χ0v) is 8.68. The van der Waals surface area contributed by atoms with Crippen LogP contribution in [0.25, 0.3) is 0 Å². The normalized spacial score (nSPS) is 22.8. The van der Waals surface area contributed by atoms with Crippen LogP contribution >= 0.6 is 0 Å². The van der Waals surface area contributed by atoms with E-state index in [2.05, 4.69) is 5.32 Å². The molecule has 1 aromatic heterocycles. The van der Waals surface area contributed by atoms with E-state index < -0.39 is 5.97 Å². The predicted octanol–water partition coefficient (Wildman–Crippen LogP) is 0.974. The van der Waals surface area contributed by atoms with Gasteiger partial charge in [0, 0.05) is 18.4 Å². The average molecular weight is 223 g/mol. The van der Waals surface area contributed by atoms with Crippen molar-refractivity contribution in [1.82, 2.24) is 5.32 Å². The van der Waals surface area contributed by atoms with Gasteiger partial charge < -0.3 is 14.8 Å². The zero-order chi connectivity index (χ0) is 11.5. The van der Waals surface area contributed by atoms with Gasteiger partial charge >= 0.3 is 5.97 Å². The first-order valence-corrected chi connectivity index (χ1v) is 5.21. The molecule has 1 aliphatic rings. The molecule has 1 aromatic rings. The molecule has 1 fully saturated rings. The van der Waals surface area contributed by atoms with E-state index in [1.54, 1.807) is 12.3 Å². The van der Waals surface area contributed by atoms with Crippen LogP contribution in [0.3, 0.4) is 0 Å². The van der Waals surface area contributed by atoms with Crippen LogP contribution in [0, 0.1) is 5.92 Å². The van der Waals surface area contributed by atoms with Crippen molar-refractivity contribution < 1.29 is 19.1 Å². The summed E-state index contributed by atoms with van der Waals surface area (Å²) in [6.45, 7) is 0.190. The minimum atomic E-state index is -0.904. The number of hydrogen-bond acceptors (Lipinski definition) is 3. The number of aliphatic carboxylic acids is 1. The molecule has 5 heteroatoms. The zero-order valence-electron chi connectivity index (χ0n) is 8.68. The molecule has 2 N–H and O–H groups in total. The SMILES string of the molecule is O=C(O)CCNC(=O)C1CC1c1ccco1. The summed E-state index contributed by atoms with van der Waals surface area (Å²) < 4.78 is 5.21. The van der Waals surface area contributed by atoms with E-state index in [4.69, 9.17) is 9.52 Å². The van der Waals surface area contributed by atoms with Crippen LogP contribution in [-0.4, -0.2) is 23.5 Å². The lowest BCUT2D eigenvalue weighted by Crippen LogP contribution is -2.27. The molecule has 0 radical (unpaired) electrons. The van der Waals surface area contributed by atoms with Gasteiger partial charge in [0.25, 0.3) is 0 Å². The lowest BCUT2D eigenvalue weighted by Gasteiger charge is -2.01. The van der Waals surface area contributed by atoms with Gasteiger partial charge in [-0.1, -0.05) is 0 Å². The molecule has 1 aliphatic carbocycles. The molecular formula is C11H13NO4. The molecule has 0 aliphatic heterocycles. The van der Waals surface area contributed by atoms with Crippen LogP contribution in [0.2, 0.25) is 0 Å². The van der Waals surface area contributed by atoms with Crippen LogP contribution in [0.15, 0.2) is 22.8 Å². The molecule has 86 valence electrons. The number of hydrogen-bond donors (Lipinski definition) is 2. The third-order valence-electron chi connectivity index (χ3n) is 2.67. The minimum Gasteiger partial charge on any atom is -0.481 e. The van der Waals surface area contributed by atoms with Crippen LogP contribution in [-0.2, 0) is 9.59 Å². The Morgan fingerprint density at radius 1 is 1.56 bits per heavy atom. The Labute approximate surface area is 92.4 Å². The highest BCUT2D eigenvalue weighted by molar-refractivity contribution is 5.83. The molecular weight excluding hydrogens is 210 g/mol. The molecule has 16 heavy (non-hydrogen) atoms. The fraction of sp³-hybridized carbons (Fsp3) is 0.455. The Kier molecular flexibility index (Phi) is 2.94. The minimum absolute atomic E-state index is 0.0378. The summed E-state index contributed by atoms with van der Waals surface area (Å²) in [6.07, 6.45) is 2.34. The van der Waals surface area contributed by atoms with Gasteiger partial charge in [-0.25, -0.2) is 0 Å². The summed E-state index contributed by atoms with van der Waals surface area (Å²) in [6, 6.07) is 3.66. The van der Waals surface area contributed by atoms with Gasteiger partial charge in [-0.3, -0.25) is 9.59 Å². The molecule has 2 atom stereocenters. The number of carboxylic acids is 1. The van der Waals surface area contributed by atoms with Gasteiger partial charge in [0.15, 0.2) is 0 Å². The van der Waals surface area contributed by atoms with Crippen LogP contribution < -0.4 is 5.32 Å². The van der Waals surface area contributed by atoms with Crippen molar-refractivity contribution in [2.75, 3.05) is 6.54 Å². The summed E-state index contributed by atoms with van der Waals surface area (Å²) in [5, 5.41) is 11.0. The quantitative estimate of drug-likeness (QED) is 0.779. The summed E-state index contributed by atoms with van der Waals surface area (Å²) >= 11 is 0. The fourth-order valence-corrected chi connectivity index (χ4v) is 1.73. The molecule has 5 nitrogen and oxygen atoms in total. The smallest absolute Gasteiger partial charge is 0.305 e. The maximum absolute atomic E-state index is 11.5. The first-order valence-electron chi connectivity index (χ1n) is 5.21. The highest BCUT2D eigenvalue weighted by Gasteiger charge is 2.45. The molecule has 0 saturated heterocycles. The van der Waals surface area contributed by atoms with Crippen molar-refractivity contribution >= 4 is 11.9 Å². The van der Waals surface area contributed by atoms with Crippen molar-refractivity contribution in [2.24, 2.45) is 5.92 Å². The number of carbonyl (C=O) groups is 2. The third-order valence-corrected chi connectivity index (χ3v) is 2.67. The lowest BCUT2D eigenvalue weighted by molar-refractivity contribution is -0.136. The Balaban J connectivity index is 1.75. The van der Waals surface area contributed by atoms with Crippen LogP contribution in [0.1, 0.15) is 24.5 Å². The van der Waals surface area contributed by atoms with Gasteiger partial charge in [0.2, 0.25) is 5.91 Å². The molecule has 2 unspecified atom stereocenters. The van der Waals surface area contributed by atoms with E-state index in [0.717, 1.165) is 12.2 Å². The van der Waals surface area contributed by atoms with Crippen LogP contribution in [0.4, 0.5) is 0 Å². The molecule has 0 bridgehead atoms. The maximum Gasteiger partial charge on any atom is 0.305 e. The van der Waals surface area contributed by atoms with Gasteiger partial charge in [-0.15, -0.1) is 0 Å². The van der Waals surface area contributed by atoms with Crippen molar-refractivity contribution in [3.63, 3.8) is 0 Å². The van der Waals surface area contributed by atoms with E-state index in [9.17, 15) is 9.59 Å². The molecule has 1 saturated carbocycles. The Morgan fingerprint density at radius 2 is 2.38 bits per heavy atom. The second-order valence-electron chi connectivity index (χ2n) is 3.90. The largest absolute Gasteiger partial charge is 0.481 e. The van der Waals surface area contributed by atoms with Crippen molar-refractivity contribution in [3.05, 3.63) is 24.2 Å². The number of nitrogens with one attached hydrogen (secondary N) is 1. The number of furan rings is 1. The number of rotatable bonds is 5. The molecule has 0 spiro atoms. The summed E-state index contributed by atoms with van der Waals surface area (Å²) in [7, 11) is 0. The Morgan fingerprint density at radius 3 is 3.00 bits per heavy atom. The molecule has 1 amide bonds. The standard InChI is InChI=1S/C11H13NO4/c13-10(14)3-4-12-11(15)8-6-7(8)9-2-1-5-16-9/h1-2,5,7-8H,3-4,6H2,(H,12,15)(H,13,14). The molecule has 1 heterocycles. The summed E-state index contributed by atoms with van der Waals surface area (Å²) in [4.78, 5) is 21.8. The number of carbonyl (C=O) groups excluding carboxylic acids is 1. The lowest BCUT2D eigenvalue weighted by atomic mass is 10.2. The summed E-state index contributed by atoms with van der Waals surface area (Å²) in [5.41, 5.74) is 0. The monoisotopic (exact) mass is 223 g/mol. The predicted molar refractivity (Wildman–Crippen MR) is 54.8 cm³/mol. The van der Waals surface area contributed by atoms with Gasteiger partial charge in [0.05, 0.1) is 12.7 Å². The third kappa shape index (κ3) is 2.42. The van der Waals surface area contributed by atoms with E-state index in [1.165, 1.54) is 0 Å². The van der Waals surface area contributed by atoms with Crippen LogP contribution in [0.5, 0.6) is 0 Å². The number of amides is 1.